The number of rotatable bonds is 5. The van der Waals surface area contributed by atoms with E-state index in [9.17, 15) is 9.90 Å². The van der Waals surface area contributed by atoms with Gasteiger partial charge >= 0.3 is 0 Å². The summed E-state index contributed by atoms with van der Waals surface area (Å²) in [5.41, 5.74) is 0.880. The van der Waals surface area contributed by atoms with Crippen LogP contribution in [0, 0.1) is 0 Å². The average molecular weight is 221 g/mol. The van der Waals surface area contributed by atoms with Crippen LogP contribution in [0.15, 0.2) is 30.3 Å². The lowest BCUT2D eigenvalue weighted by atomic mass is 10.0. The van der Waals surface area contributed by atoms with E-state index in [1.54, 1.807) is 6.92 Å². The fourth-order valence-electron chi connectivity index (χ4n) is 1.66. The number of aliphatic hydroxyl groups is 1. The van der Waals surface area contributed by atoms with Crippen LogP contribution in [0.2, 0.25) is 0 Å². The van der Waals surface area contributed by atoms with Crippen molar-refractivity contribution in [1.82, 2.24) is 4.90 Å². The van der Waals surface area contributed by atoms with Gasteiger partial charge in [-0.1, -0.05) is 30.3 Å². The van der Waals surface area contributed by atoms with Crippen LogP contribution in [0.4, 0.5) is 0 Å². The van der Waals surface area contributed by atoms with Crippen LogP contribution >= 0.6 is 0 Å². The van der Waals surface area contributed by atoms with Crippen LogP contribution in [0.3, 0.4) is 0 Å². The van der Waals surface area contributed by atoms with Crippen molar-refractivity contribution in [3.05, 3.63) is 35.9 Å². The Kier molecular flexibility index (Phi) is 4.65. The number of benzene rings is 1. The van der Waals surface area contributed by atoms with E-state index in [0.29, 0.717) is 6.54 Å². The molecule has 0 spiro atoms. The summed E-state index contributed by atoms with van der Waals surface area (Å²) in [6.07, 6.45) is -0.564. The zero-order valence-corrected chi connectivity index (χ0v) is 10.1. The number of ketones is 1. The first-order valence-corrected chi connectivity index (χ1v) is 5.45. The molecule has 3 heteroatoms. The van der Waals surface area contributed by atoms with Crippen molar-refractivity contribution in [3.8, 4) is 0 Å². The smallest absolute Gasteiger partial charge is 0.143 e. The van der Waals surface area contributed by atoms with Crippen molar-refractivity contribution in [2.75, 3.05) is 13.6 Å². The largest absolute Gasteiger partial charge is 0.387 e. The molecule has 1 aromatic carbocycles. The number of likely N-dealkylation sites (N-methyl/N-ethyl adjacent to an activating group) is 1. The SMILES string of the molecule is CC(=O)CN(C)[C@@H](C)[C@H](O)c1ccccc1. The first kappa shape index (κ1) is 12.9. The standard InChI is InChI=1S/C13H19NO2/c1-10(15)9-14(3)11(2)13(16)12-7-5-4-6-8-12/h4-8,11,13,16H,9H2,1-3H3/t11-,13-/m0/s1. The maximum absolute atomic E-state index is 11.0. The van der Waals surface area contributed by atoms with E-state index in [1.807, 2.05) is 49.2 Å². The third kappa shape index (κ3) is 3.43. The Morgan fingerprint density at radius 2 is 1.94 bits per heavy atom. The number of hydrogen-bond acceptors (Lipinski definition) is 3. The van der Waals surface area contributed by atoms with E-state index in [0.717, 1.165) is 5.56 Å². The zero-order chi connectivity index (χ0) is 12.1. The molecule has 0 heterocycles. The van der Waals surface area contributed by atoms with Crippen LogP contribution in [0.25, 0.3) is 0 Å². The maximum atomic E-state index is 11.0. The Morgan fingerprint density at radius 1 is 1.38 bits per heavy atom. The first-order chi connectivity index (χ1) is 7.52. The third-order valence-electron chi connectivity index (χ3n) is 2.77. The number of hydrogen-bond donors (Lipinski definition) is 1. The highest BCUT2D eigenvalue weighted by molar-refractivity contribution is 5.77. The summed E-state index contributed by atoms with van der Waals surface area (Å²) in [6, 6.07) is 9.42. The van der Waals surface area contributed by atoms with Gasteiger partial charge in [-0.3, -0.25) is 9.69 Å². The molecule has 0 radical (unpaired) electrons. The van der Waals surface area contributed by atoms with Gasteiger partial charge in [0, 0.05) is 6.04 Å². The van der Waals surface area contributed by atoms with E-state index < -0.39 is 6.10 Å². The van der Waals surface area contributed by atoms with E-state index in [4.69, 9.17) is 0 Å². The van der Waals surface area contributed by atoms with Gasteiger partial charge in [0.05, 0.1) is 12.6 Å². The molecular weight excluding hydrogens is 202 g/mol. The number of carbonyl (C=O) groups excluding carboxylic acids is 1. The molecular formula is C13H19NO2. The van der Waals surface area contributed by atoms with Gasteiger partial charge in [-0.05, 0) is 26.5 Å². The van der Waals surface area contributed by atoms with Crippen LogP contribution in [0.1, 0.15) is 25.5 Å². The summed E-state index contributed by atoms with van der Waals surface area (Å²) in [5.74, 6) is 0.106. The Bertz CT molecular complexity index is 337. The van der Waals surface area contributed by atoms with E-state index in [2.05, 4.69) is 0 Å². The summed E-state index contributed by atoms with van der Waals surface area (Å²) in [7, 11) is 1.85. The molecule has 0 bridgehead atoms. The van der Waals surface area contributed by atoms with Crippen LogP contribution in [-0.4, -0.2) is 35.4 Å². The van der Waals surface area contributed by atoms with Crippen molar-refractivity contribution in [2.24, 2.45) is 0 Å². The number of aliphatic hydroxyl groups excluding tert-OH is 1. The average Bonchev–Trinajstić information content (AvgIpc) is 2.27. The molecule has 0 fully saturated rings. The zero-order valence-electron chi connectivity index (χ0n) is 10.1. The molecule has 16 heavy (non-hydrogen) atoms. The first-order valence-electron chi connectivity index (χ1n) is 5.45. The molecule has 0 saturated carbocycles. The number of carbonyl (C=O) groups is 1. The van der Waals surface area contributed by atoms with Gasteiger partial charge in [0.2, 0.25) is 0 Å². The highest BCUT2D eigenvalue weighted by Gasteiger charge is 2.20. The molecule has 0 saturated heterocycles. The van der Waals surface area contributed by atoms with Gasteiger partial charge in [-0.2, -0.15) is 0 Å². The Balaban J connectivity index is 2.67. The van der Waals surface area contributed by atoms with Crippen LogP contribution < -0.4 is 0 Å². The van der Waals surface area contributed by atoms with Gasteiger partial charge in [-0.25, -0.2) is 0 Å². The van der Waals surface area contributed by atoms with Crippen molar-refractivity contribution in [2.45, 2.75) is 26.0 Å². The Hall–Kier alpha value is -1.19. The fraction of sp³-hybridized carbons (Fsp3) is 0.462. The third-order valence-corrected chi connectivity index (χ3v) is 2.77. The predicted octanol–water partition coefficient (Wildman–Crippen LogP) is 1.63. The molecule has 0 amide bonds. The Labute approximate surface area is 96.7 Å². The summed E-state index contributed by atoms with van der Waals surface area (Å²) in [4.78, 5) is 12.9. The van der Waals surface area contributed by atoms with Crippen molar-refractivity contribution >= 4 is 5.78 Å². The second-order valence-electron chi connectivity index (χ2n) is 4.21. The molecule has 88 valence electrons. The number of Topliss-reactive ketones (excluding diaryl/α,β-unsaturated/α-hetero) is 1. The van der Waals surface area contributed by atoms with Crippen LogP contribution in [-0.2, 0) is 4.79 Å². The van der Waals surface area contributed by atoms with Gasteiger partial charge in [-0.15, -0.1) is 0 Å². The van der Waals surface area contributed by atoms with E-state index in [-0.39, 0.29) is 11.8 Å². The monoisotopic (exact) mass is 221 g/mol. The topological polar surface area (TPSA) is 40.5 Å². The summed E-state index contributed by atoms with van der Waals surface area (Å²) in [6.45, 7) is 3.84. The molecule has 3 nitrogen and oxygen atoms in total. The summed E-state index contributed by atoms with van der Waals surface area (Å²) in [5, 5.41) is 10.1. The minimum atomic E-state index is -0.564. The van der Waals surface area contributed by atoms with E-state index in [1.165, 1.54) is 0 Å². The summed E-state index contributed by atoms with van der Waals surface area (Å²) >= 11 is 0. The highest BCUT2D eigenvalue weighted by Crippen LogP contribution is 2.19. The van der Waals surface area contributed by atoms with Gasteiger partial charge < -0.3 is 5.11 Å². The molecule has 0 aliphatic carbocycles. The quantitative estimate of drug-likeness (QED) is 0.821. The highest BCUT2D eigenvalue weighted by atomic mass is 16.3. The lowest BCUT2D eigenvalue weighted by molar-refractivity contribution is -0.118. The van der Waals surface area contributed by atoms with Gasteiger partial charge in [0.25, 0.3) is 0 Å². The molecule has 0 aromatic heterocycles. The molecule has 0 aliphatic heterocycles. The minimum absolute atomic E-state index is 0.0775. The fourth-order valence-corrected chi connectivity index (χ4v) is 1.66. The molecule has 1 N–H and O–H groups in total. The molecule has 0 unspecified atom stereocenters. The van der Waals surface area contributed by atoms with Crippen molar-refractivity contribution in [3.63, 3.8) is 0 Å². The van der Waals surface area contributed by atoms with E-state index >= 15 is 0 Å². The second-order valence-corrected chi connectivity index (χ2v) is 4.21. The normalized spacial score (nSPS) is 14.8. The second kappa shape index (κ2) is 5.77. The predicted molar refractivity (Wildman–Crippen MR) is 64.2 cm³/mol. The Morgan fingerprint density at radius 3 is 2.44 bits per heavy atom. The number of nitrogens with zero attached hydrogens (tertiary/aromatic N) is 1. The van der Waals surface area contributed by atoms with Crippen LogP contribution in [0.5, 0.6) is 0 Å². The van der Waals surface area contributed by atoms with Crippen molar-refractivity contribution < 1.29 is 9.90 Å². The lowest BCUT2D eigenvalue weighted by Gasteiger charge is -2.28. The summed E-state index contributed by atoms with van der Waals surface area (Å²) < 4.78 is 0. The molecule has 0 aliphatic rings. The van der Waals surface area contributed by atoms with Gasteiger partial charge in [0.1, 0.15) is 5.78 Å². The molecule has 1 rings (SSSR count). The molecule has 2 atom stereocenters. The van der Waals surface area contributed by atoms with Gasteiger partial charge in [0.15, 0.2) is 0 Å². The van der Waals surface area contributed by atoms with Crippen molar-refractivity contribution in [1.29, 1.82) is 0 Å². The minimum Gasteiger partial charge on any atom is -0.387 e. The molecule has 1 aromatic rings. The lowest BCUT2D eigenvalue weighted by Crippen LogP contribution is -2.37. The maximum Gasteiger partial charge on any atom is 0.143 e.